The highest BCUT2D eigenvalue weighted by Crippen LogP contribution is 2.42. The van der Waals surface area contributed by atoms with E-state index in [2.05, 4.69) is 13.8 Å². The number of nitrogens with zero attached hydrogens (tertiary/aromatic N) is 1. The highest BCUT2D eigenvalue weighted by Gasteiger charge is 2.48. The van der Waals surface area contributed by atoms with Crippen LogP contribution in [0, 0.1) is 5.41 Å². The van der Waals surface area contributed by atoms with Crippen molar-refractivity contribution in [2.45, 2.75) is 65.0 Å². The second-order valence-corrected chi connectivity index (χ2v) is 11.4. The summed E-state index contributed by atoms with van der Waals surface area (Å²) in [6.07, 6.45) is 2.77. The number of carboxylic acid groups (broad SMARTS) is 1. The summed E-state index contributed by atoms with van der Waals surface area (Å²) in [7, 11) is 3.26. The molecule has 8 heteroatoms. The molecular formula is C32H40N2O6. The maximum atomic E-state index is 13.5. The number of aliphatic carboxylic acids is 1. The van der Waals surface area contributed by atoms with Gasteiger partial charge in [0.15, 0.2) is 17.3 Å². The van der Waals surface area contributed by atoms with Gasteiger partial charge >= 0.3 is 0 Å². The molecule has 214 valence electrons. The molecule has 40 heavy (non-hydrogen) atoms. The van der Waals surface area contributed by atoms with Crippen LogP contribution in [0.25, 0.3) is 0 Å². The van der Waals surface area contributed by atoms with E-state index in [1.807, 2.05) is 42.5 Å². The third-order valence-corrected chi connectivity index (χ3v) is 7.91. The van der Waals surface area contributed by atoms with E-state index in [0.717, 1.165) is 36.2 Å². The van der Waals surface area contributed by atoms with Gasteiger partial charge in [-0.3, -0.25) is 14.7 Å². The van der Waals surface area contributed by atoms with Gasteiger partial charge in [-0.2, -0.15) is 0 Å². The third-order valence-electron chi connectivity index (χ3n) is 7.91. The van der Waals surface area contributed by atoms with Crippen LogP contribution in [-0.2, 0) is 22.4 Å². The van der Waals surface area contributed by atoms with E-state index in [-0.39, 0.29) is 30.3 Å². The van der Waals surface area contributed by atoms with E-state index in [0.29, 0.717) is 35.6 Å². The van der Waals surface area contributed by atoms with Crippen LogP contribution in [0.4, 0.5) is 0 Å². The Labute approximate surface area is 236 Å². The summed E-state index contributed by atoms with van der Waals surface area (Å²) in [5.74, 6) is 0.193. The van der Waals surface area contributed by atoms with Crippen LogP contribution in [0.1, 0.15) is 62.8 Å². The number of aliphatic imine (C=N–C) groups is 1. The molecule has 5 rings (SSSR count). The number of Topliss-reactive ketones (excluding diaryl/α,β-unsaturated/α-hetero) is 1. The maximum absolute atomic E-state index is 13.5. The van der Waals surface area contributed by atoms with E-state index in [1.54, 1.807) is 21.1 Å². The van der Waals surface area contributed by atoms with Crippen LogP contribution in [-0.4, -0.2) is 56.0 Å². The van der Waals surface area contributed by atoms with Crippen LogP contribution >= 0.6 is 0 Å². The van der Waals surface area contributed by atoms with Crippen molar-refractivity contribution in [3.05, 3.63) is 70.4 Å². The van der Waals surface area contributed by atoms with E-state index in [1.165, 1.54) is 10.5 Å². The quantitative estimate of drug-likeness (QED) is 0.571. The number of aliphatic hydroxyl groups excluding tert-OH is 1. The second-order valence-electron chi connectivity index (χ2n) is 11.4. The number of fused-ring (bicyclic) bond motifs is 4. The van der Waals surface area contributed by atoms with Crippen LogP contribution in [0.15, 0.2) is 58.7 Å². The van der Waals surface area contributed by atoms with Crippen molar-refractivity contribution in [1.82, 2.24) is 0 Å². The fourth-order valence-corrected chi connectivity index (χ4v) is 6.25. The first-order valence-electron chi connectivity index (χ1n) is 13.9. The Morgan fingerprint density at radius 3 is 2.42 bits per heavy atom. The molecule has 2 aromatic carbocycles. The van der Waals surface area contributed by atoms with Gasteiger partial charge in [0.1, 0.15) is 11.7 Å². The maximum Gasteiger partial charge on any atom is 0.170 e. The summed E-state index contributed by atoms with van der Waals surface area (Å²) in [6, 6.07) is 12.5. The number of benzene rings is 2. The Hall–Kier alpha value is -3.49. The molecule has 0 bridgehead atoms. The van der Waals surface area contributed by atoms with Gasteiger partial charge in [-0.05, 0) is 35.6 Å². The van der Waals surface area contributed by atoms with Crippen molar-refractivity contribution in [3.8, 4) is 11.5 Å². The molecule has 8 nitrogen and oxygen atoms in total. The molecule has 1 aliphatic carbocycles. The number of quaternary nitrogens is 1. The molecular weight excluding hydrogens is 508 g/mol. The molecule has 0 saturated carbocycles. The number of allylic oxidation sites excluding steroid dienone is 2. The minimum atomic E-state index is -1.23. The van der Waals surface area contributed by atoms with E-state index in [4.69, 9.17) is 19.6 Å². The summed E-state index contributed by atoms with van der Waals surface area (Å²) in [5.41, 5.74) is 5.35. The summed E-state index contributed by atoms with van der Waals surface area (Å²) in [6.45, 7) is 7.04. The molecule has 3 aliphatic rings. The van der Waals surface area contributed by atoms with Crippen LogP contribution in [0.5, 0.6) is 11.5 Å². The predicted molar refractivity (Wildman–Crippen MR) is 151 cm³/mol. The number of methoxy groups -OCH3 is 2. The number of carbonyl (C=O) groups is 2. The molecule has 0 fully saturated rings. The highest BCUT2D eigenvalue weighted by atomic mass is 16.5. The van der Waals surface area contributed by atoms with Crippen molar-refractivity contribution < 1.29 is 34.2 Å². The minimum Gasteiger partial charge on any atom is -0.548 e. The van der Waals surface area contributed by atoms with Gasteiger partial charge < -0.3 is 24.5 Å². The number of carbonyl (C=O) groups excluding carboxylic acids is 2. The zero-order valence-corrected chi connectivity index (χ0v) is 24.1. The summed E-state index contributed by atoms with van der Waals surface area (Å²) >= 11 is 0. The lowest BCUT2D eigenvalue weighted by Gasteiger charge is -2.44. The molecule has 0 radical (unpaired) electrons. The first kappa shape index (κ1) is 29.5. The van der Waals surface area contributed by atoms with Crippen molar-refractivity contribution in [2.24, 2.45) is 10.4 Å². The van der Waals surface area contributed by atoms with E-state index in [9.17, 15) is 14.7 Å². The van der Waals surface area contributed by atoms with Crippen LogP contribution in [0.3, 0.4) is 0 Å². The Bertz CT molecular complexity index is 1310. The average molecular weight is 549 g/mol. The van der Waals surface area contributed by atoms with Gasteiger partial charge in [-0.1, -0.05) is 44.2 Å². The summed E-state index contributed by atoms with van der Waals surface area (Å²) in [4.78, 5) is 31.8. The lowest BCUT2D eigenvalue weighted by molar-refractivity contribution is -0.899. The number of aliphatic hydroxyl groups is 1. The van der Waals surface area contributed by atoms with Gasteiger partial charge in [0.05, 0.1) is 44.1 Å². The molecule has 2 heterocycles. The van der Waals surface area contributed by atoms with Crippen molar-refractivity contribution in [2.75, 3.05) is 27.4 Å². The average Bonchev–Trinajstić information content (AvgIpc) is 2.91. The lowest BCUT2D eigenvalue weighted by atomic mass is 9.71. The molecule has 0 amide bonds. The second kappa shape index (κ2) is 12.4. The van der Waals surface area contributed by atoms with Gasteiger partial charge in [0.2, 0.25) is 0 Å². The Kier molecular flexibility index (Phi) is 9.11. The topological polar surface area (TPSA) is 113 Å². The summed E-state index contributed by atoms with van der Waals surface area (Å²) < 4.78 is 11.2. The van der Waals surface area contributed by atoms with E-state index < -0.39 is 12.0 Å². The van der Waals surface area contributed by atoms with Gasteiger partial charge in [0, 0.05) is 44.3 Å². The number of hydrogen-bond donors (Lipinski definition) is 2. The van der Waals surface area contributed by atoms with Gasteiger partial charge in [0.25, 0.3) is 0 Å². The number of ketones is 1. The van der Waals surface area contributed by atoms with Crippen molar-refractivity contribution in [3.63, 3.8) is 0 Å². The zero-order valence-electron chi connectivity index (χ0n) is 24.1. The standard InChI is InChI=1S/C30H34N2O5.C2H6O/c1-30(2)16-24-28(25(33)17-30)21(31-22(29(34)35)12-18-8-6-5-7-9-18)15-23-20-14-27(37-4)26(36-3)13-19(20)10-11-32(23)24;1-2-3/h5-9,13-14,22-23H,10-12,15-17H2,1-4H3,(H,34,35);3H,2H2,1H3. The fourth-order valence-electron chi connectivity index (χ4n) is 6.25. The first-order chi connectivity index (χ1) is 19.1. The SMILES string of the molecule is CCO.COc1cc2c(cc1OC)C1CC(=NC(Cc3ccccc3)C(=O)[O-])C3=C(CC(C)(C)CC3=O)[NH+]1CC2. The largest absolute Gasteiger partial charge is 0.548 e. The molecule has 3 atom stereocenters. The smallest absolute Gasteiger partial charge is 0.170 e. The Morgan fingerprint density at radius 2 is 1.80 bits per heavy atom. The molecule has 0 spiro atoms. The Balaban J connectivity index is 0.00000118. The lowest BCUT2D eigenvalue weighted by Crippen LogP contribution is -3.13. The van der Waals surface area contributed by atoms with Crippen molar-refractivity contribution >= 4 is 17.5 Å². The molecule has 2 aliphatic heterocycles. The number of hydrogen-bond acceptors (Lipinski definition) is 7. The highest BCUT2D eigenvalue weighted by molar-refractivity contribution is 6.24. The third kappa shape index (κ3) is 6.13. The first-order valence-corrected chi connectivity index (χ1v) is 13.9. The van der Waals surface area contributed by atoms with Gasteiger partial charge in [-0.25, -0.2) is 0 Å². The molecule has 3 unspecified atom stereocenters. The summed E-state index contributed by atoms with van der Waals surface area (Å²) in [5, 5.41) is 19.8. The molecule has 0 aromatic heterocycles. The normalized spacial score (nSPS) is 22.8. The Morgan fingerprint density at radius 1 is 1.15 bits per heavy atom. The number of ether oxygens (including phenoxy) is 2. The fraction of sp³-hybridized carbons (Fsp3) is 0.469. The van der Waals surface area contributed by atoms with Crippen LogP contribution in [0.2, 0.25) is 0 Å². The van der Waals surface area contributed by atoms with Crippen LogP contribution < -0.4 is 19.5 Å². The number of carboxylic acids is 1. The van der Waals surface area contributed by atoms with E-state index >= 15 is 0 Å². The minimum absolute atomic E-state index is 0.0156. The monoisotopic (exact) mass is 548 g/mol. The van der Waals surface area contributed by atoms with Crippen molar-refractivity contribution in [1.29, 1.82) is 0 Å². The molecule has 2 N–H and O–H groups in total. The predicted octanol–water partition coefficient (Wildman–Crippen LogP) is 2.03. The molecule has 2 aromatic rings. The number of rotatable bonds is 6. The van der Waals surface area contributed by atoms with Gasteiger partial charge in [-0.15, -0.1) is 0 Å². The molecule has 0 saturated heterocycles. The number of nitrogens with one attached hydrogen (secondary N) is 1. The zero-order chi connectivity index (χ0) is 29.0.